The third kappa shape index (κ3) is 4.90. The number of benzene rings is 2. The first-order valence-electron chi connectivity index (χ1n) is 10.4. The number of hydrogen-bond acceptors (Lipinski definition) is 6. The van der Waals surface area contributed by atoms with Crippen molar-refractivity contribution in [3.05, 3.63) is 82.9 Å². The standard InChI is InChI=1S/C25H22F2N2O5/c1-32-13-18-8-16-6-14(12-33-22-10-17(26)3-2-15(22)9-23(30)31)7-20(25(16)34-18)19-4-5-29-21(11-28)24(19)27/h2-8,10H,9,11-13,28H2,1H3,(H,30,31). The van der Waals surface area contributed by atoms with E-state index in [1.54, 1.807) is 18.2 Å². The highest BCUT2D eigenvalue weighted by Crippen LogP contribution is 2.35. The quantitative estimate of drug-likeness (QED) is 0.370. The highest BCUT2D eigenvalue weighted by molar-refractivity contribution is 5.93. The van der Waals surface area contributed by atoms with E-state index in [0.717, 1.165) is 6.07 Å². The van der Waals surface area contributed by atoms with Crippen molar-refractivity contribution in [2.45, 2.75) is 26.2 Å². The molecule has 7 nitrogen and oxygen atoms in total. The summed E-state index contributed by atoms with van der Waals surface area (Å²) in [4.78, 5) is 15.1. The SMILES string of the molecule is COCc1cc2cc(COc3cc(F)ccc3CC(=O)O)cc(-c3ccnc(CN)c3F)c2o1. The Morgan fingerprint density at radius 2 is 1.94 bits per heavy atom. The second kappa shape index (κ2) is 9.98. The lowest BCUT2D eigenvalue weighted by molar-refractivity contribution is -0.136. The third-order valence-electron chi connectivity index (χ3n) is 5.22. The summed E-state index contributed by atoms with van der Waals surface area (Å²) >= 11 is 0. The maximum absolute atomic E-state index is 15.1. The summed E-state index contributed by atoms with van der Waals surface area (Å²) < 4.78 is 45.8. The Morgan fingerprint density at radius 1 is 1.12 bits per heavy atom. The zero-order chi connectivity index (χ0) is 24.2. The predicted molar refractivity (Wildman–Crippen MR) is 120 cm³/mol. The molecule has 0 spiro atoms. The van der Waals surface area contributed by atoms with E-state index in [0.29, 0.717) is 33.4 Å². The van der Waals surface area contributed by atoms with Crippen LogP contribution in [0.15, 0.2) is 53.1 Å². The number of fused-ring (bicyclic) bond motifs is 1. The number of nitrogens with zero attached hydrogens (tertiary/aromatic N) is 1. The molecule has 4 aromatic rings. The molecule has 0 fully saturated rings. The Balaban J connectivity index is 1.76. The van der Waals surface area contributed by atoms with Gasteiger partial charge in [0.1, 0.15) is 36.1 Å². The van der Waals surface area contributed by atoms with Crippen molar-refractivity contribution < 1.29 is 32.6 Å². The minimum atomic E-state index is -1.06. The van der Waals surface area contributed by atoms with Gasteiger partial charge in [-0.1, -0.05) is 6.07 Å². The summed E-state index contributed by atoms with van der Waals surface area (Å²) in [5.41, 5.74) is 7.92. The van der Waals surface area contributed by atoms with Crippen LogP contribution < -0.4 is 10.5 Å². The number of carboxylic acids is 1. The van der Waals surface area contributed by atoms with E-state index in [9.17, 15) is 9.18 Å². The molecule has 0 radical (unpaired) electrons. The van der Waals surface area contributed by atoms with Gasteiger partial charge in [-0.05, 0) is 35.9 Å². The largest absolute Gasteiger partial charge is 0.488 e. The number of aromatic nitrogens is 1. The van der Waals surface area contributed by atoms with Crippen LogP contribution in [0.1, 0.15) is 22.6 Å². The van der Waals surface area contributed by atoms with E-state index >= 15 is 4.39 Å². The Morgan fingerprint density at radius 3 is 2.68 bits per heavy atom. The van der Waals surface area contributed by atoms with Crippen molar-refractivity contribution >= 4 is 16.9 Å². The Hall–Kier alpha value is -3.82. The van der Waals surface area contributed by atoms with Gasteiger partial charge in [0.25, 0.3) is 0 Å². The predicted octanol–water partition coefficient (Wildman–Crippen LogP) is 4.58. The molecule has 0 amide bonds. The second-order valence-electron chi connectivity index (χ2n) is 7.64. The molecule has 0 saturated carbocycles. The average molecular weight is 468 g/mol. The summed E-state index contributed by atoms with van der Waals surface area (Å²) in [7, 11) is 1.54. The number of carbonyl (C=O) groups is 1. The molecule has 0 aliphatic heterocycles. The van der Waals surface area contributed by atoms with E-state index in [1.165, 1.54) is 31.5 Å². The van der Waals surface area contributed by atoms with Gasteiger partial charge in [0.05, 0.1) is 12.1 Å². The van der Waals surface area contributed by atoms with E-state index < -0.39 is 17.6 Å². The first-order valence-corrected chi connectivity index (χ1v) is 10.4. The number of halogens is 2. The Bertz CT molecular complexity index is 1350. The van der Waals surface area contributed by atoms with Gasteiger partial charge in [-0.2, -0.15) is 0 Å². The minimum absolute atomic E-state index is 0.0136. The van der Waals surface area contributed by atoms with Crippen molar-refractivity contribution in [3.63, 3.8) is 0 Å². The molecule has 4 rings (SSSR count). The van der Waals surface area contributed by atoms with Crippen LogP contribution in [0.25, 0.3) is 22.1 Å². The summed E-state index contributed by atoms with van der Waals surface area (Å²) in [5, 5.41) is 9.82. The molecule has 0 aliphatic rings. The number of pyridine rings is 1. The maximum Gasteiger partial charge on any atom is 0.307 e. The van der Waals surface area contributed by atoms with Gasteiger partial charge in [0, 0.05) is 48.0 Å². The third-order valence-corrected chi connectivity index (χ3v) is 5.22. The Kier molecular flexibility index (Phi) is 6.85. The lowest BCUT2D eigenvalue weighted by Crippen LogP contribution is -2.05. The second-order valence-corrected chi connectivity index (χ2v) is 7.64. The number of aliphatic carboxylic acids is 1. The van der Waals surface area contributed by atoms with Gasteiger partial charge in [0.2, 0.25) is 0 Å². The highest BCUT2D eigenvalue weighted by Gasteiger charge is 2.18. The smallest absolute Gasteiger partial charge is 0.307 e. The number of nitrogens with two attached hydrogens (primary N) is 1. The van der Waals surface area contributed by atoms with Crippen LogP contribution in [0, 0.1) is 11.6 Å². The fraction of sp³-hybridized carbons (Fsp3) is 0.200. The van der Waals surface area contributed by atoms with Crippen LogP contribution in [0.5, 0.6) is 5.75 Å². The Labute approximate surface area is 193 Å². The molecule has 34 heavy (non-hydrogen) atoms. The zero-order valence-electron chi connectivity index (χ0n) is 18.3. The molecule has 2 heterocycles. The van der Waals surface area contributed by atoms with Crippen LogP contribution in [-0.4, -0.2) is 23.2 Å². The van der Waals surface area contributed by atoms with Gasteiger partial charge >= 0.3 is 5.97 Å². The van der Waals surface area contributed by atoms with Crippen LogP contribution in [0.4, 0.5) is 8.78 Å². The van der Waals surface area contributed by atoms with Crippen molar-refractivity contribution in [3.8, 4) is 16.9 Å². The van der Waals surface area contributed by atoms with Gasteiger partial charge in [-0.25, -0.2) is 8.78 Å². The van der Waals surface area contributed by atoms with Crippen LogP contribution in [0.2, 0.25) is 0 Å². The summed E-state index contributed by atoms with van der Waals surface area (Å²) in [5.74, 6) is -1.49. The van der Waals surface area contributed by atoms with Gasteiger partial charge in [-0.3, -0.25) is 9.78 Å². The molecule has 0 aliphatic carbocycles. The first kappa shape index (κ1) is 23.3. The fourth-order valence-electron chi connectivity index (χ4n) is 3.74. The number of carboxylic acid groups (broad SMARTS) is 1. The number of hydrogen-bond donors (Lipinski definition) is 2. The van der Waals surface area contributed by atoms with E-state index in [2.05, 4.69) is 4.98 Å². The number of rotatable bonds is 9. The van der Waals surface area contributed by atoms with Gasteiger partial charge < -0.3 is 24.7 Å². The van der Waals surface area contributed by atoms with Crippen molar-refractivity contribution in [2.75, 3.05) is 7.11 Å². The van der Waals surface area contributed by atoms with Crippen molar-refractivity contribution in [1.29, 1.82) is 0 Å². The molecular formula is C25H22F2N2O5. The van der Waals surface area contributed by atoms with Crippen LogP contribution in [0.3, 0.4) is 0 Å². The molecule has 0 unspecified atom stereocenters. The summed E-state index contributed by atoms with van der Waals surface area (Å²) in [6.45, 7) is 0.152. The molecule has 0 saturated heterocycles. The first-order chi connectivity index (χ1) is 16.4. The van der Waals surface area contributed by atoms with Crippen LogP contribution in [-0.2, 0) is 35.7 Å². The van der Waals surface area contributed by atoms with Gasteiger partial charge in [-0.15, -0.1) is 0 Å². The molecule has 3 N–H and O–H groups in total. The molecule has 2 aromatic carbocycles. The molecule has 0 bridgehead atoms. The lowest BCUT2D eigenvalue weighted by atomic mass is 10.00. The number of furan rings is 1. The fourth-order valence-corrected chi connectivity index (χ4v) is 3.74. The molecule has 9 heteroatoms. The lowest BCUT2D eigenvalue weighted by Gasteiger charge is -2.13. The summed E-state index contributed by atoms with van der Waals surface area (Å²) in [6.07, 6.45) is 1.16. The van der Waals surface area contributed by atoms with E-state index in [-0.39, 0.29) is 43.2 Å². The van der Waals surface area contributed by atoms with E-state index in [4.69, 9.17) is 24.7 Å². The normalized spacial score (nSPS) is 11.2. The molecular weight excluding hydrogens is 446 g/mol. The average Bonchev–Trinajstić information content (AvgIpc) is 3.21. The molecule has 2 aromatic heterocycles. The summed E-state index contributed by atoms with van der Waals surface area (Å²) in [6, 6.07) is 10.5. The van der Waals surface area contributed by atoms with Crippen LogP contribution >= 0.6 is 0 Å². The van der Waals surface area contributed by atoms with Crippen molar-refractivity contribution in [2.24, 2.45) is 5.73 Å². The highest BCUT2D eigenvalue weighted by atomic mass is 19.1. The maximum atomic E-state index is 15.1. The van der Waals surface area contributed by atoms with Gasteiger partial charge in [0.15, 0.2) is 5.82 Å². The number of methoxy groups -OCH3 is 1. The zero-order valence-corrected chi connectivity index (χ0v) is 18.3. The van der Waals surface area contributed by atoms with E-state index in [1.807, 2.05) is 0 Å². The number of ether oxygens (including phenoxy) is 2. The minimum Gasteiger partial charge on any atom is -0.488 e. The van der Waals surface area contributed by atoms with Crippen molar-refractivity contribution in [1.82, 2.24) is 4.98 Å². The monoisotopic (exact) mass is 468 g/mol. The molecule has 176 valence electrons. The molecule has 0 atom stereocenters. The topological polar surface area (TPSA) is 108 Å².